The van der Waals surface area contributed by atoms with E-state index in [1.165, 1.54) is 46.3 Å². The van der Waals surface area contributed by atoms with Gasteiger partial charge in [0.25, 0.3) is 0 Å². The number of carbonyl (C=O) groups is 1. The SMILES string of the molecule is CCCCCCCC(=O)SSS. The van der Waals surface area contributed by atoms with Crippen LogP contribution in [0.1, 0.15) is 45.4 Å². The highest BCUT2D eigenvalue weighted by atomic mass is 33.5. The minimum atomic E-state index is 0.256. The molecule has 0 saturated heterocycles. The van der Waals surface area contributed by atoms with Crippen molar-refractivity contribution < 1.29 is 4.79 Å². The van der Waals surface area contributed by atoms with Gasteiger partial charge in [-0.05, 0) is 27.0 Å². The predicted octanol–water partition coefficient (Wildman–Crippen LogP) is 4.10. The Labute approximate surface area is 87.7 Å². The zero-order chi connectivity index (χ0) is 9.23. The van der Waals surface area contributed by atoms with Crippen LogP contribution in [0.3, 0.4) is 0 Å². The van der Waals surface area contributed by atoms with Crippen LogP contribution in [0.5, 0.6) is 0 Å². The van der Waals surface area contributed by atoms with Crippen LogP contribution >= 0.6 is 32.3 Å². The van der Waals surface area contributed by atoms with Gasteiger partial charge >= 0.3 is 0 Å². The van der Waals surface area contributed by atoms with E-state index in [-0.39, 0.29) is 5.12 Å². The van der Waals surface area contributed by atoms with E-state index in [1.807, 2.05) is 0 Å². The zero-order valence-electron chi connectivity index (χ0n) is 7.41. The lowest BCUT2D eigenvalue weighted by molar-refractivity contribution is -0.110. The molecule has 72 valence electrons. The molecule has 12 heavy (non-hydrogen) atoms. The van der Waals surface area contributed by atoms with Crippen LogP contribution in [-0.2, 0) is 4.79 Å². The van der Waals surface area contributed by atoms with Gasteiger partial charge < -0.3 is 0 Å². The fraction of sp³-hybridized carbons (Fsp3) is 0.875. The van der Waals surface area contributed by atoms with Crippen molar-refractivity contribution in [1.29, 1.82) is 0 Å². The minimum Gasteiger partial charge on any atom is -0.286 e. The molecule has 0 aliphatic carbocycles. The molecule has 0 aromatic rings. The number of hydrogen-bond acceptors (Lipinski definition) is 4. The average Bonchev–Trinajstić information content (AvgIpc) is 2.05. The summed E-state index contributed by atoms with van der Waals surface area (Å²) in [6.07, 6.45) is 6.76. The largest absolute Gasteiger partial charge is 0.286 e. The second kappa shape index (κ2) is 9.81. The van der Waals surface area contributed by atoms with E-state index >= 15 is 0 Å². The molecule has 0 fully saturated rings. The van der Waals surface area contributed by atoms with E-state index in [0.29, 0.717) is 6.42 Å². The lowest BCUT2D eigenvalue weighted by Crippen LogP contribution is -1.88. The topological polar surface area (TPSA) is 17.1 Å². The molecule has 0 radical (unpaired) electrons. The Bertz CT molecular complexity index is 117. The van der Waals surface area contributed by atoms with Crippen molar-refractivity contribution in [3.63, 3.8) is 0 Å². The van der Waals surface area contributed by atoms with Gasteiger partial charge in [-0.1, -0.05) is 44.3 Å². The van der Waals surface area contributed by atoms with Gasteiger partial charge in [-0.3, -0.25) is 4.79 Å². The summed E-state index contributed by atoms with van der Waals surface area (Å²) in [6.45, 7) is 2.19. The Morgan fingerprint density at radius 3 is 2.50 bits per heavy atom. The van der Waals surface area contributed by atoms with Crippen molar-refractivity contribution >= 4 is 37.4 Å². The second-order valence-electron chi connectivity index (χ2n) is 2.69. The van der Waals surface area contributed by atoms with Crippen molar-refractivity contribution in [2.24, 2.45) is 0 Å². The van der Waals surface area contributed by atoms with Gasteiger partial charge in [0.1, 0.15) is 0 Å². The first-order valence-electron chi connectivity index (χ1n) is 4.32. The molecule has 0 aliphatic heterocycles. The second-order valence-corrected chi connectivity index (χ2v) is 5.75. The lowest BCUT2D eigenvalue weighted by Gasteiger charge is -1.97. The molecule has 0 aromatic carbocycles. The third-order valence-corrected chi connectivity index (χ3v) is 3.53. The van der Waals surface area contributed by atoms with Crippen LogP contribution in [0.25, 0.3) is 0 Å². The van der Waals surface area contributed by atoms with Crippen molar-refractivity contribution in [2.45, 2.75) is 45.4 Å². The van der Waals surface area contributed by atoms with Gasteiger partial charge in [-0.25, -0.2) is 0 Å². The van der Waals surface area contributed by atoms with Crippen LogP contribution in [0, 0.1) is 0 Å². The number of hydrogen-bond donors (Lipinski definition) is 1. The third-order valence-electron chi connectivity index (χ3n) is 1.61. The predicted molar refractivity (Wildman–Crippen MR) is 62.6 cm³/mol. The molecule has 0 aromatic heterocycles. The highest BCUT2D eigenvalue weighted by Crippen LogP contribution is 2.27. The molecule has 0 aliphatic rings. The average molecular weight is 224 g/mol. The van der Waals surface area contributed by atoms with Gasteiger partial charge in [0.15, 0.2) is 5.12 Å². The fourth-order valence-electron chi connectivity index (χ4n) is 0.956. The van der Waals surface area contributed by atoms with Crippen LogP contribution in [0.15, 0.2) is 0 Å². The quantitative estimate of drug-likeness (QED) is 0.399. The Morgan fingerprint density at radius 1 is 1.25 bits per heavy atom. The van der Waals surface area contributed by atoms with Crippen molar-refractivity contribution in [3.8, 4) is 0 Å². The van der Waals surface area contributed by atoms with Gasteiger partial charge in [0.05, 0.1) is 0 Å². The number of carbonyl (C=O) groups excluding carboxylic acids is 1. The van der Waals surface area contributed by atoms with Crippen LogP contribution in [0.4, 0.5) is 0 Å². The van der Waals surface area contributed by atoms with E-state index in [4.69, 9.17) is 0 Å². The smallest absolute Gasteiger partial charge is 0.200 e. The van der Waals surface area contributed by atoms with Gasteiger partial charge in [-0.2, -0.15) is 0 Å². The fourth-order valence-corrected chi connectivity index (χ4v) is 2.51. The minimum absolute atomic E-state index is 0.256. The number of rotatable bonds is 7. The molecule has 0 heterocycles. The standard InChI is InChI=1S/C8H16OS3/c1-2-3-4-5-6-7-8(9)11-12-10/h10H,2-7H2,1H3. The summed E-state index contributed by atoms with van der Waals surface area (Å²) in [4.78, 5) is 11.0. The van der Waals surface area contributed by atoms with Gasteiger partial charge in [0, 0.05) is 6.42 Å². The molecule has 0 rings (SSSR count). The summed E-state index contributed by atoms with van der Waals surface area (Å²) < 4.78 is 0. The zero-order valence-corrected chi connectivity index (χ0v) is 9.94. The van der Waals surface area contributed by atoms with Gasteiger partial charge in [0.2, 0.25) is 0 Å². The Morgan fingerprint density at radius 2 is 1.92 bits per heavy atom. The highest BCUT2D eigenvalue weighted by molar-refractivity contribution is 9.08. The first-order valence-corrected chi connectivity index (χ1v) is 7.52. The molecule has 0 N–H and O–H groups in total. The van der Waals surface area contributed by atoms with E-state index in [0.717, 1.165) is 6.42 Å². The first-order chi connectivity index (χ1) is 5.81. The Hall–Kier alpha value is 0.720. The summed E-state index contributed by atoms with van der Waals surface area (Å²) in [7, 11) is 2.48. The van der Waals surface area contributed by atoms with Crippen LogP contribution < -0.4 is 0 Å². The number of unbranched alkanes of at least 4 members (excludes halogenated alkanes) is 4. The maximum atomic E-state index is 11.0. The molecule has 4 heteroatoms. The van der Waals surface area contributed by atoms with Crippen molar-refractivity contribution in [1.82, 2.24) is 0 Å². The van der Waals surface area contributed by atoms with Crippen LogP contribution in [-0.4, -0.2) is 5.12 Å². The summed E-state index contributed by atoms with van der Waals surface area (Å²) in [5.74, 6) is 0. The Kier molecular flexibility index (Phi) is 10.4. The van der Waals surface area contributed by atoms with Gasteiger partial charge in [-0.15, -0.1) is 0 Å². The normalized spacial score (nSPS) is 10.2. The molecule has 0 amide bonds. The molecular formula is C8H16OS3. The summed E-state index contributed by atoms with van der Waals surface area (Å²) in [6, 6.07) is 0. The summed E-state index contributed by atoms with van der Waals surface area (Å²) in [5, 5.41) is 0.256. The lowest BCUT2D eigenvalue weighted by atomic mass is 10.1. The molecule has 0 spiro atoms. The highest BCUT2D eigenvalue weighted by Gasteiger charge is 2.00. The first kappa shape index (κ1) is 12.7. The molecule has 0 saturated carbocycles. The molecule has 0 unspecified atom stereocenters. The molecule has 1 nitrogen and oxygen atoms in total. The van der Waals surface area contributed by atoms with E-state index < -0.39 is 0 Å². The monoisotopic (exact) mass is 224 g/mol. The summed E-state index contributed by atoms with van der Waals surface area (Å²) >= 11 is 3.90. The maximum absolute atomic E-state index is 11.0. The number of thiol groups is 1. The Balaban J connectivity index is 3.03. The molecule has 0 atom stereocenters. The molecule has 0 bridgehead atoms. The third kappa shape index (κ3) is 8.81. The van der Waals surface area contributed by atoms with E-state index in [9.17, 15) is 4.79 Å². The van der Waals surface area contributed by atoms with Crippen molar-refractivity contribution in [3.05, 3.63) is 0 Å². The maximum Gasteiger partial charge on any atom is 0.200 e. The van der Waals surface area contributed by atoms with E-state index in [2.05, 4.69) is 18.6 Å². The summed E-state index contributed by atoms with van der Waals surface area (Å²) in [5.41, 5.74) is 0. The van der Waals surface area contributed by atoms with Crippen LogP contribution in [0.2, 0.25) is 0 Å². The molecular weight excluding hydrogens is 208 g/mol. The van der Waals surface area contributed by atoms with E-state index in [1.54, 1.807) is 0 Å². The van der Waals surface area contributed by atoms with Crippen molar-refractivity contribution in [2.75, 3.05) is 0 Å².